The lowest BCUT2D eigenvalue weighted by atomic mass is 10.1. The van der Waals surface area contributed by atoms with Crippen LogP contribution in [0.3, 0.4) is 0 Å². The van der Waals surface area contributed by atoms with Crippen LogP contribution in [0.2, 0.25) is 0 Å². The largest absolute Gasteiger partial charge is 0.331 e. The zero-order valence-electron chi connectivity index (χ0n) is 17.0. The van der Waals surface area contributed by atoms with Crippen LogP contribution in [0.25, 0.3) is 5.69 Å². The van der Waals surface area contributed by atoms with Crippen LogP contribution in [-0.2, 0) is 27.6 Å². The van der Waals surface area contributed by atoms with E-state index in [4.69, 9.17) is 0 Å². The minimum absolute atomic E-state index is 0.00699. The van der Waals surface area contributed by atoms with Crippen LogP contribution < -0.4 is 0 Å². The lowest BCUT2D eigenvalue weighted by molar-refractivity contribution is -0.132. The Morgan fingerprint density at radius 1 is 1.12 bits per heavy atom. The standard InChI is InChI=1S/C23H21F2N3O3S/c24-23(25)21-13-18(7-9-26-21)15-28(20-8-12-32(30,31)16-20)22(29)14-17-3-5-19(6-4-17)27-10-1-2-11-27/h1-13,20,23H,14-16H2. The van der Waals surface area contributed by atoms with Crippen molar-refractivity contribution in [3.63, 3.8) is 0 Å². The quantitative estimate of drug-likeness (QED) is 0.543. The predicted octanol–water partition coefficient (Wildman–Crippen LogP) is 3.69. The Balaban J connectivity index is 1.54. The van der Waals surface area contributed by atoms with E-state index in [-0.39, 0.29) is 30.3 Å². The van der Waals surface area contributed by atoms with E-state index < -0.39 is 22.3 Å². The molecule has 3 heterocycles. The second kappa shape index (κ2) is 9.04. The van der Waals surface area contributed by atoms with Crippen LogP contribution in [0.5, 0.6) is 0 Å². The molecule has 0 saturated heterocycles. The number of aromatic nitrogens is 2. The fraction of sp³-hybridized carbons (Fsp3) is 0.217. The number of hydrogen-bond donors (Lipinski definition) is 0. The highest BCUT2D eigenvalue weighted by molar-refractivity contribution is 7.94. The highest BCUT2D eigenvalue weighted by Crippen LogP contribution is 2.22. The summed E-state index contributed by atoms with van der Waals surface area (Å²) in [6.45, 7) is 0.00699. The summed E-state index contributed by atoms with van der Waals surface area (Å²) < 4.78 is 51.9. The second-order valence-electron chi connectivity index (χ2n) is 7.57. The van der Waals surface area contributed by atoms with E-state index in [1.165, 1.54) is 23.2 Å². The Morgan fingerprint density at radius 3 is 2.47 bits per heavy atom. The molecular formula is C23H21F2N3O3S. The average Bonchev–Trinajstić information content (AvgIpc) is 3.42. The van der Waals surface area contributed by atoms with Crippen LogP contribution >= 0.6 is 0 Å². The molecule has 1 amide bonds. The van der Waals surface area contributed by atoms with E-state index in [0.29, 0.717) is 5.56 Å². The van der Waals surface area contributed by atoms with Crippen molar-refractivity contribution in [2.45, 2.75) is 25.4 Å². The van der Waals surface area contributed by atoms with Gasteiger partial charge in [0.25, 0.3) is 6.43 Å². The van der Waals surface area contributed by atoms with Crippen molar-refractivity contribution >= 4 is 15.7 Å². The van der Waals surface area contributed by atoms with Gasteiger partial charge in [0, 0.05) is 36.2 Å². The van der Waals surface area contributed by atoms with Gasteiger partial charge in [-0.1, -0.05) is 12.1 Å². The molecule has 1 aliphatic rings. The maximum Gasteiger partial charge on any atom is 0.280 e. The highest BCUT2D eigenvalue weighted by Gasteiger charge is 2.30. The molecule has 0 radical (unpaired) electrons. The Morgan fingerprint density at radius 2 is 1.84 bits per heavy atom. The molecule has 166 valence electrons. The number of hydrogen-bond acceptors (Lipinski definition) is 4. The van der Waals surface area contributed by atoms with Gasteiger partial charge in [0.2, 0.25) is 5.91 Å². The Labute approximate surface area is 184 Å². The summed E-state index contributed by atoms with van der Waals surface area (Å²) in [4.78, 5) is 18.2. The van der Waals surface area contributed by atoms with Crippen molar-refractivity contribution in [3.05, 3.63) is 95.4 Å². The van der Waals surface area contributed by atoms with Gasteiger partial charge >= 0.3 is 0 Å². The Bertz CT molecular complexity index is 1220. The molecule has 0 N–H and O–H groups in total. The fourth-order valence-corrected chi connectivity index (χ4v) is 4.92. The van der Waals surface area contributed by atoms with Gasteiger partial charge in [0.1, 0.15) is 5.69 Å². The molecular weight excluding hydrogens is 436 g/mol. The summed E-state index contributed by atoms with van der Waals surface area (Å²) in [5, 5.41) is 1.10. The van der Waals surface area contributed by atoms with Gasteiger partial charge in [-0.2, -0.15) is 0 Å². The number of benzene rings is 1. The number of amides is 1. The Hall–Kier alpha value is -3.33. The van der Waals surface area contributed by atoms with Gasteiger partial charge in [-0.3, -0.25) is 9.78 Å². The van der Waals surface area contributed by atoms with Crippen molar-refractivity contribution in [2.24, 2.45) is 0 Å². The third-order valence-corrected chi connectivity index (χ3v) is 6.63. The van der Waals surface area contributed by atoms with Crippen molar-refractivity contribution in [1.82, 2.24) is 14.5 Å². The van der Waals surface area contributed by atoms with Gasteiger partial charge < -0.3 is 9.47 Å². The zero-order chi connectivity index (χ0) is 22.7. The molecule has 9 heteroatoms. The molecule has 1 unspecified atom stereocenters. The smallest absolute Gasteiger partial charge is 0.280 e. The summed E-state index contributed by atoms with van der Waals surface area (Å²) in [7, 11) is -3.40. The number of sulfone groups is 1. The lowest BCUT2D eigenvalue weighted by Crippen LogP contribution is -2.41. The van der Waals surface area contributed by atoms with E-state index in [0.717, 1.165) is 16.7 Å². The van der Waals surface area contributed by atoms with Gasteiger partial charge in [-0.25, -0.2) is 17.2 Å². The van der Waals surface area contributed by atoms with Crippen LogP contribution in [0, 0.1) is 0 Å². The number of nitrogens with zero attached hydrogens (tertiary/aromatic N) is 3. The first-order valence-electron chi connectivity index (χ1n) is 9.96. The summed E-state index contributed by atoms with van der Waals surface area (Å²) >= 11 is 0. The maximum absolute atomic E-state index is 13.2. The summed E-state index contributed by atoms with van der Waals surface area (Å²) in [6.07, 6.45) is 3.89. The van der Waals surface area contributed by atoms with Crippen molar-refractivity contribution in [2.75, 3.05) is 5.75 Å². The number of carbonyl (C=O) groups excluding carboxylic acids is 1. The number of rotatable bonds is 7. The van der Waals surface area contributed by atoms with E-state index in [1.54, 1.807) is 6.07 Å². The minimum atomic E-state index is -3.40. The van der Waals surface area contributed by atoms with Gasteiger partial charge in [-0.05, 0) is 53.6 Å². The number of pyridine rings is 1. The maximum atomic E-state index is 13.2. The molecule has 3 aromatic rings. The summed E-state index contributed by atoms with van der Waals surface area (Å²) in [6, 6.07) is 13.4. The van der Waals surface area contributed by atoms with Crippen molar-refractivity contribution < 1.29 is 22.0 Å². The van der Waals surface area contributed by atoms with Crippen LogP contribution in [0.1, 0.15) is 23.2 Å². The molecule has 4 rings (SSSR count). The third kappa shape index (κ3) is 5.11. The second-order valence-corrected chi connectivity index (χ2v) is 9.50. The van der Waals surface area contributed by atoms with Gasteiger partial charge in [0.15, 0.2) is 9.84 Å². The van der Waals surface area contributed by atoms with Crippen LogP contribution in [0.4, 0.5) is 8.78 Å². The first kappa shape index (κ1) is 21.9. The molecule has 0 aliphatic carbocycles. The Kier molecular flexibility index (Phi) is 6.18. The molecule has 0 spiro atoms. The number of carbonyl (C=O) groups is 1. The van der Waals surface area contributed by atoms with E-state index in [1.807, 2.05) is 53.4 Å². The fourth-order valence-electron chi connectivity index (χ4n) is 3.62. The SMILES string of the molecule is O=C(Cc1ccc(-n2cccc2)cc1)N(Cc1ccnc(C(F)F)c1)C1C=CS(=O)(=O)C1. The average molecular weight is 458 g/mol. The number of alkyl halides is 2. The molecule has 32 heavy (non-hydrogen) atoms. The summed E-state index contributed by atoms with van der Waals surface area (Å²) in [5.74, 6) is -0.515. The molecule has 0 bridgehead atoms. The first-order valence-corrected chi connectivity index (χ1v) is 11.7. The van der Waals surface area contributed by atoms with Gasteiger partial charge in [0.05, 0.1) is 18.2 Å². The minimum Gasteiger partial charge on any atom is -0.331 e. The monoisotopic (exact) mass is 457 g/mol. The highest BCUT2D eigenvalue weighted by atomic mass is 32.2. The van der Waals surface area contributed by atoms with Gasteiger partial charge in [-0.15, -0.1) is 0 Å². The zero-order valence-corrected chi connectivity index (χ0v) is 17.8. The van der Waals surface area contributed by atoms with E-state index in [9.17, 15) is 22.0 Å². The normalized spacial score (nSPS) is 17.0. The predicted molar refractivity (Wildman–Crippen MR) is 116 cm³/mol. The molecule has 0 saturated carbocycles. The van der Waals surface area contributed by atoms with E-state index in [2.05, 4.69) is 4.98 Å². The van der Waals surface area contributed by atoms with Crippen molar-refractivity contribution in [1.29, 1.82) is 0 Å². The van der Waals surface area contributed by atoms with Crippen molar-refractivity contribution in [3.8, 4) is 5.69 Å². The third-order valence-electron chi connectivity index (χ3n) is 5.25. The molecule has 1 aromatic carbocycles. The molecule has 1 aliphatic heterocycles. The van der Waals surface area contributed by atoms with E-state index >= 15 is 0 Å². The van der Waals surface area contributed by atoms with Crippen LogP contribution in [-0.4, -0.2) is 40.6 Å². The molecule has 0 fully saturated rings. The molecule has 2 aromatic heterocycles. The lowest BCUT2D eigenvalue weighted by Gasteiger charge is -2.28. The topological polar surface area (TPSA) is 72.3 Å². The summed E-state index contributed by atoms with van der Waals surface area (Å²) in [5.41, 5.74) is 1.79. The molecule has 1 atom stereocenters. The molecule has 6 nitrogen and oxygen atoms in total. The first-order chi connectivity index (χ1) is 15.3. The van der Waals surface area contributed by atoms with Crippen LogP contribution in [0.15, 0.2) is 78.6 Å². The number of halogens is 2.